The van der Waals surface area contributed by atoms with E-state index in [0.29, 0.717) is 18.8 Å². The minimum Gasteiger partial charge on any atom is -0.494 e. The summed E-state index contributed by atoms with van der Waals surface area (Å²) < 4.78 is 5.67. The maximum Gasteiger partial charge on any atom is 0.271 e. The third kappa shape index (κ3) is 6.36. The van der Waals surface area contributed by atoms with E-state index in [1.165, 1.54) is 22.3 Å². The van der Waals surface area contributed by atoms with E-state index >= 15 is 0 Å². The quantitative estimate of drug-likeness (QED) is 0.499. The van der Waals surface area contributed by atoms with Gasteiger partial charge in [0, 0.05) is 39.3 Å². The van der Waals surface area contributed by atoms with E-state index < -0.39 is 0 Å². The molecule has 3 aromatic rings. The highest BCUT2D eigenvalue weighted by atomic mass is 16.5. The van der Waals surface area contributed by atoms with E-state index in [9.17, 15) is 4.79 Å². The standard InChI is InChI=1S/C28H35N5O2/c1-4-13-29-28(34)26-11-12-27(31-30-26)33-16-14-32(15-17-33)20-22-9-10-25(21(3)18-22)23-7-6-8-24(19-23)35-5-2/h6-12,18-19H,4-5,13-17,20H2,1-3H3,(H,29,34). The highest BCUT2D eigenvalue weighted by Gasteiger charge is 2.19. The first-order chi connectivity index (χ1) is 17.1. The van der Waals surface area contributed by atoms with Gasteiger partial charge in [0.2, 0.25) is 0 Å². The van der Waals surface area contributed by atoms with Gasteiger partial charge in [0.05, 0.1) is 6.61 Å². The predicted octanol–water partition coefficient (Wildman–Crippen LogP) is 4.31. The lowest BCUT2D eigenvalue weighted by atomic mass is 9.98. The maximum atomic E-state index is 12.0. The minimum atomic E-state index is -0.168. The number of hydrogen-bond acceptors (Lipinski definition) is 6. The zero-order valence-electron chi connectivity index (χ0n) is 21.0. The fourth-order valence-electron chi connectivity index (χ4n) is 4.41. The van der Waals surface area contributed by atoms with Crippen LogP contribution in [0.5, 0.6) is 5.75 Å². The third-order valence-electron chi connectivity index (χ3n) is 6.27. The Morgan fingerprint density at radius 2 is 1.83 bits per heavy atom. The van der Waals surface area contributed by atoms with Crippen LogP contribution >= 0.6 is 0 Å². The van der Waals surface area contributed by atoms with Crippen LogP contribution in [0.4, 0.5) is 5.82 Å². The molecule has 4 rings (SSSR count). The van der Waals surface area contributed by atoms with Crippen molar-refractivity contribution in [2.45, 2.75) is 33.7 Å². The smallest absolute Gasteiger partial charge is 0.271 e. The second kappa shape index (κ2) is 11.8. The highest BCUT2D eigenvalue weighted by Crippen LogP contribution is 2.28. The normalized spacial score (nSPS) is 14.1. The van der Waals surface area contributed by atoms with Crippen molar-refractivity contribution >= 4 is 11.7 Å². The first kappa shape index (κ1) is 24.7. The van der Waals surface area contributed by atoms with Crippen molar-refractivity contribution in [1.29, 1.82) is 0 Å². The summed E-state index contributed by atoms with van der Waals surface area (Å²) in [5, 5.41) is 11.3. The fourth-order valence-corrected chi connectivity index (χ4v) is 4.41. The van der Waals surface area contributed by atoms with Gasteiger partial charge in [-0.05, 0) is 66.8 Å². The Kier molecular flexibility index (Phi) is 8.32. The van der Waals surface area contributed by atoms with E-state index in [4.69, 9.17) is 4.74 Å². The molecule has 0 bridgehead atoms. The van der Waals surface area contributed by atoms with Crippen LogP contribution in [0.1, 0.15) is 41.9 Å². The number of carbonyl (C=O) groups excluding carboxylic acids is 1. The molecule has 0 aliphatic carbocycles. The molecule has 1 N–H and O–H groups in total. The van der Waals surface area contributed by atoms with Crippen molar-refractivity contribution in [2.24, 2.45) is 0 Å². The van der Waals surface area contributed by atoms with Gasteiger partial charge in [0.1, 0.15) is 5.75 Å². The molecule has 1 saturated heterocycles. The van der Waals surface area contributed by atoms with Crippen LogP contribution in [0.15, 0.2) is 54.6 Å². The van der Waals surface area contributed by atoms with Gasteiger partial charge in [-0.15, -0.1) is 10.2 Å². The van der Waals surface area contributed by atoms with Gasteiger partial charge in [-0.2, -0.15) is 0 Å². The summed E-state index contributed by atoms with van der Waals surface area (Å²) in [7, 11) is 0. The summed E-state index contributed by atoms with van der Waals surface area (Å²) in [5.74, 6) is 1.57. The monoisotopic (exact) mass is 473 g/mol. The summed E-state index contributed by atoms with van der Waals surface area (Å²) in [5.41, 5.74) is 5.38. The molecule has 0 saturated carbocycles. The van der Waals surface area contributed by atoms with Gasteiger partial charge in [0.25, 0.3) is 5.91 Å². The molecular weight excluding hydrogens is 438 g/mol. The van der Waals surface area contributed by atoms with Gasteiger partial charge in [0.15, 0.2) is 11.5 Å². The summed E-state index contributed by atoms with van der Waals surface area (Å²) in [4.78, 5) is 16.7. The van der Waals surface area contributed by atoms with E-state index in [1.54, 1.807) is 6.07 Å². The minimum absolute atomic E-state index is 0.168. The van der Waals surface area contributed by atoms with Crippen molar-refractivity contribution < 1.29 is 9.53 Å². The molecular formula is C28H35N5O2. The van der Waals surface area contributed by atoms with Crippen LogP contribution in [-0.4, -0.2) is 60.3 Å². The summed E-state index contributed by atoms with van der Waals surface area (Å²) in [6, 6.07) is 18.7. The Morgan fingerprint density at radius 1 is 1.00 bits per heavy atom. The lowest BCUT2D eigenvalue weighted by Gasteiger charge is -2.35. The van der Waals surface area contributed by atoms with E-state index in [0.717, 1.165) is 50.7 Å². The van der Waals surface area contributed by atoms with Crippen molar-refractivity contribution in [3.05, 3.63) is 71.4 Å². The zero-order valence-corrected chi connectivity index (χ0v) is 21.0. The van der Waals surface area contributed by atoms with Crippen molar-refractivity contribution in [1.82, 2.24) is 20.4 Å². The first-order valence-electron chi connectivity index (χ1n) is 12.5. The van der Waals surface area contributed by atoms with Crippen molar-refractivity contribution in [2.75, 3.05) is 44.2 Å². The van der Waals surface area contributed by atoms with Gasteiger partial charge in [-0.1, -0.05) is 37.3 Å². The predicted molar refractivity (Wildman–Crippen MR) is 140 cm³/mol. The molecule has 35 heavy (non-hydrogen) atoms. The van der Waals surface area contributed by atoms with Gasteiger partial charge < -0.3 is 15.0 Å². The number of nitrogens with zero attached hydrogens (tertiary/aromatic N) is 4. The zero-order chi connectivity index (χ0) is 24.6. The molecule has 7 heteroatoms. The Morgan fingerprint density at radius 3 is 2.51 bits per heavy atom. The van der Waals surface area contributed by atoms with Crippen LogP contribution in [-0.2, 0) is 6.54 Å². The molecule has 0 atom stereocenters. The Labute approximate surface area is 208 Å². The average Bonchev–Trinajstić information content (AvgIpc) is 2.88. The SMILES string of the molecule is CCCNC(=O)c1ccc(N2CCN(Cc3ccc(-c4cccc(OCC)c4)c(C)c3)CC2)nn1. The summed E-state index contributed by atoms with van der Waals surface area (Å²) in [6.45, 7) is 12.1. The number of anilines is 1. The topological polar surface area (TPSA) is 70.6 Å². The van der Waals surface area contributed by atoms with E-state index in [-0.39, 0.29) is 5.91 Å². The van der Waals surface area contributed by atoms with Crippen LogP contribution in [0, 0.1) is 6.92 Å². The molecule has 184 valence electrons. The molecule has 1 aliphatic heterocycles. The third-order valence-corrected chi connectivity index (χ3v) is 6.27. The Hall–Kier alpha value is -3.45. The molecule has 0 spiro atoms. The second-order valence-electron chi connectivity index (χ2n) is 8.91. The van der Waals surface area contributed by atoms with Crippen LogP contribution in [0.3, 0.4) is 0 Å². The lowest BCUT2D eigenvalue weighted by molar-refractivity contribution is 0.0947. The number of aromatic nitrogens is 2. The van der Waals surface area contributed by atoms with Crippen LogP contribution in [0.2, 0.25) is 0 Å². The molecule has 1 fully saturated rings. The number of benzene rings is 2. The fraction of sp³-hybridized carbons (Fsp3) is 0.393. The number of amides is 1. The molecule has 2 aromatic carbocycles. The molecule has 1 amide bonds. The van der Waals surface area contributed by atoms with E-state index in [2.05, 4.69) is 62.6 Å². The van der Waals surface area contributed by atoms with Gasteiger partial charge in [-0.3, -0.25) is 9.69 Å². The number of hydrogen-bond donors (Lipinski definition) is 1. The summed E-state index contributed by atoms with van der Waals surface area (Å²) in [6.07, 6.45) is 0.896. The molecule has 1 aromatic heterocycles. The lowest BCUT2D eigenvalue weighted by Crippen LogP contribution is -2.46. The van der Waals surface area contributed by atoms with Gasteiger partial charge >= 0.3 is 0 Å². The van der Waals surface area contributed by atoms with Crippen LogP contribution in [0.25, 0.3) is 11.1 Å². The van der Waals surface area contributed by atoms with Gasteiger partial charge in [-0.25, -0.2) is 0 Å². The molecule has 1 aliphatic rings. The molecule has 2 heterocycles. The Balaban J connectivity index is 1.32. The van der Waals surface area contributed by atoms with Crippen LogP contribution < -0.4 is 15.0 Å². The number of carbonyl (C=O) groups is 1. The summed E-state index contributed by atoms with van der Waals surface area (Å²) >= 11 is 0. The number of ether oxygens (including phenoxy) is 1. The number of rotatable bonds is 9. The van der Waals surface area contributed by atoms with Crippen molar-refractivity contribution in [3.63, 3.8) is 0 Å². The molecule has 0 unspecified atom stereocenters. The number of piperazine rings is 1. The Bertz CT molecular complexity index is 1120. The molecule has 7 nitrogen and oxygen atoms in total. The molecule has 0 radical (unpaired) electrons. The highest BCUT2D eigenvalue weighted by molar-refractivity contribution is 5.92. The maximum absolute atomic E-state index is 12.0. The average molecular weight is 474 g/mol. The second-order valence-corrected chi connectivity index (χ2v) is 8.91. The largest absolute Gasteiger partial charge is 0.494 e. The van der Waals surface area contributed by atoms with E-state index in [1.807, 2.05) is 32.0 Å². The number of nitrogens with one attached hydrogen (secondary N) is 1. The first-order valence-corrected chi connectivity index (χ1v) is 12.5. The van der Waals surface area contributed by atoms with Crippen molar-refractivity contribution in [3.8, 4) is 16.9 Å². The number of aryl methyl sites for hydroxylation is 1.